The molecule has 2 aromatic heterocycles. The Labute approximate surface area is 315 Å². The molecule has 13 heteroatoms. The Hall–Kier alpha value is -5.72. The van der Waals surface area contributed by atoms with E-state index in [1.165, 1.54) is 21.3 Å². The Morgan fingerprint density at radius 2 is 1.35 bits per heavy atom. The highest BCUT2D eigenvalue weighted by Crippen LogP contribution is 2.34. The Morgan fingerprint density at radius 1 is 0.741 bits per heavy atom. The first-order chi connectivity index (χ1) is 25.9. The van der Waals surface area contributed by atoms with Crippen LogP contribution in [-0.4, -0.2) is 73.5 Å². The molecule has 0 amide bonds. The Balaban J connectivity index is 1.79. The lowest BCUT2D eigenvalue weighted by atomic mass is 9.95. The largest absolute Gasteiger partial charge is 0.469 e. The lowest BCUT2D eigenvalue weighted by molar-refractivity contribution is -0.142. The Morgan fingerprint density at radius 3 is 1.96 bits per heavy atom. The molecule has 3 aromatic rings. The van der Waals surface area contributed by atoms with E-state index in [-0.39, 0.29) is 69.4 Å². The van der Waals surface area contributed by atoms with E-state index in [2.05, 4.69) is 9.97 Å². The number of aromatic amines is 2. The molecule has 3 heterocycles. The van der Waals surface area contributed by atoms with Gasteiger partial charge in [0.05, 0.1) is 45.8 Å². The van der Waals surface area contributed by atoms with Crippen molar-refractivity contribution in [3.05, 3.63) is 97.8 Å². The van der Waals surface area contributed by atoms with Crippen molar-refractivity contribution >= 4 is 41.6 Å². The topological polar surface area (TPSA) is 175 Å². The summed E-state index contributed by atoms with van der Waals surface area (Å²) in [5.41, 5.74) is 9.10. The molecule has 1 aromatic carbocycles. The van der Waals surface area contributed by atoms with E-state index in [9.17, 15) is 24.0 Å². The van der Waals surface area contributed by atoms with Gasteiger partial charge in [0.25, 0.3) is 0 Å². The standard InChI is InChI=1S/C41H49N3O10/c1-8-53-39(48)20-31-30(16-19-38(47)52-7)40(41(49)54-23-27-12-10-9-11-13-27)44-35(31)22-33-25(3)29(15-18-37(46)51-6)34(43-33)21-32-24(2)28(26(4)42-32)14-17-36(45)50-5/h9-13,21,42,44H,8,14-20,22-23H2,1-7H3/b34-21-. The van der Waals surface area contributed by atoms with Crippen molar-refractivity contribution in [1.29, 1.82) is 0 Å². The summed E-state index contributed by atoms with van der Waals surface area (Å²) in [7, 11) is 3.99. The molecule has 0 spiro atoms. The second kappa shape index (κ2) is 19.4. The summed E-state index contributed by atoms with van der Waals surface area (Å²) in [6.45, 7) is 7.73. The zero-order valence-electron chi connectivity index (χ0n) is 32.1. The van der Waals surface area contributed by atoms with Crippen LogP contribution in [0.5, 0.6) is 0 Å². The fourth-order valence-electron chi connectivity index (χ4n) is 6.50. The molecule has 0 radical (unpaired) electrons. The molecule has 1 aliphatic heterocycles. The summed E-state index contributed by atoms with van der Waals surface area (Å²) in [5, 5.41) is 0. The van der Waals surface area contributed by atoms with Crippen molar-refractivity contribution in [3.63, 3.8) is 0 Å². The minimum absolute atomic E-state index is 0.0198. The number of esters is 5. The third kappa shape index (κ3) is 10.5. The van der Waals surface area contributed by atoms with Gasteiger partial charge in [0.1, 0.15) is 12.3 Å². The summed E-state index contributed by atoms with van der Waals surface area (Å²) >= 11 is 0. The molecule has 54 heavy (non-hydrogen) atoms. The zero-order valence-corrected chi connectivity index (χ0v) is 32.1. The summed E-state index contributed by atoms with van der Waals surface area (Å²) < 4.78 is 25.7. The van der Waals surface area contributed by atoms with Gasteiger partial charge in [-0.2, -0.15) is 0 Å². The highest BCUT2D eigenvalue weighted by Gasteiger charge is 2.29. The first-order valence-corrected chi connectivity index (χ1v) is 17.9. The number of rotatable bonds is 18. The average molecular weight is 744 g/mol. The fraction of sp³-hybridized carbons (Fsp3) is 0.415. The van der Waals surface area contributed by atoms with Crippen LogP contribution >= 0.6 is 0 Å². The van der Waals surface area contributed by atoms with Crippen molar-refractivity contribution in [2.45, 2.75) is 85.7 Å². The van der Waals surface area contributed by atoms with E-state index in [0.29, 0.717) is 41.1 Å². The second-order valence-corrected chi connectivity index (χ2v) is 12.8. The number of methoxy groups -OCH3 is 3. The Kier molecular flexibility index (Phi) is 14.7. The van der Waals surface area contributed by atoms with Gasteiger partial charge >= 0.3 is 29.8 Å². The monoisotopic (exact) mass is 743 g/mol. The van der Waals surface area contributed by atoms with Gasteiger partial charge in [0.15, 0.2) is 0 Å². The van der Waals surface area contributed by atoms with Crippen LogP contribution in [0, 0.1) is 13.8 Å². The van der Waals surface area contributed by atoms with E-state index >= 15 is 0 Å². The number of hydrogen-bond donors (Lipinski definition) is 2. The number of hydrogen-bond acceptors (Lipinski definition) is 11. The number of H-pyrrole nitrogens is 2. The Bertz CT molecular complexity index is 1960. The molecule has 0 saturated heterocycles. The lowest BCUT2D eigenvalue weighted by Crippen LogP contribution is -2.13. The maximum absolute atomic E-state index is 13.7. The number of aliphatic imine (C=N–C) groups is 1. The van der Waals surface area contributed by atoms with E-state index < -0.39 is 17.9 Å². The van der Waals surface area contributed by atoms with Crippen molar-refractivity contribution in [2.24, 2.45) is 4.99 Å². The highest BCUT2D eigenvalue weighted by molar-refractivity contribution is 6.06. The number of carbonyl (C=O) groups excluding carboxylic acids is 5. The molecule has 0 saturated carbocycles. The van der Waals surface area contributed by atoms with Crippen molar-refractivity contribution in [3.8, 4) is 0 Å². The molecule has 0 bridgehead atoms. The maximum Gasteiger partial charge on any atom is 0.355 e. The van der Waals surface area contributed by atoms with Crippen LogP contribution in [0.3, 0.4) is 0 Å². The SMILES string of the molecule is CCOC(=O)Cc1c(CC2=N/C(=C\c3[nH]c(C)c(CCC(=O)OC)c3C)C(CCC(=O)OC)=C2C)[nH]c(C(=O)OCc2ccccc2)c1CCC(=O)OC. The van der Waals surface area contributed by atoms with Crippen molar-refractivity contribution in [1.82, 2.24) is 9.97 Å². The predicted octanol–water partition coefficient (Wildman–Crippen LogP) is 5.94. The first-order valence-electron chi connectivity index (χ1n) is 17.9. The van der Waals surface area contributed by atoms with Gasteiger partial charge in [-0.15, -0.1) is 0 Å². The van der Waals surface area contributed by atoms with Gasteiger partial charge in [-0.25, -0.2) is 4.79 Å². The molecule has 0 atom stereocenters. The molecule has 1 aliphatic rings. The highest BCUT2D eigenvalue weighted by atomic mass is 16.5. The van der Waals surface area contributed by atoms with E-state index in [0.717, 1.165) is 39.2 Å². The van der Waals surface area contributed by atoms with Gasteiger partial charge in [-0.05, 0) is 92.0 Å². The van der Waals surface area contributed by atoms with Crippen LogP contribution in [-0.2, 0) is 75.2 Å². The van der Waals surface area contributed by atoms with Gasteiger partial charge in [-0.3, -0.25) is 24.2 Å². The predicted molar refractivity (Wildman–Crippen MR) is 201 cm³/mol. The average Bonchev–Trinajstić information content (AvgIpc) is 3.75. The van der Waals surface area contributed by atoms with E-state index in [4.69, 9.17) is 28.7 Å². The van der Waals surface area contributed by atoms with Crippen molar-refractivity contribution in [2.75, 3.05) is 27.9 Å². The third-order valence-corrected chi connectivity index (χ3v) is 9.48. The lowest BCUT2D eigenvalue weighted by Gasteiger charge is -2.10. The minimum Gasteiger partial charge on any atom is -0.469 e. The normalized spacial score (nSPS) is 13.2. The fourth-order valence-corrected chi connectivity index (χ4v) is 6.50. The van der Waals surface area contributed by atoms with E-state index in [1.807, 2.05) is 57.2 Å². The van der Waals surface area contributed by atoms with Gasteiger partial charge in [0, 0.05) is 42.8 Å². The molecule has 13 nitrogen and oxygen atoms in total. The van der Waals surface area contributed by atoms with Crippen LogP contribution in [0.1, 0.15) is 94.9 Å². The summed E-state index contributed by atoms with van der Waals surface area (Å²) in [6.07, 6.45) is 3.25. The molecule has 0 unspecified atom stereocenters. The first kappa shape index (κ1) is 41.0. The minimum atomic E-state index is -0.643. The molecule has 0 aliphatic carbocycles. The van der Waals surface area contributed by atoms with Crippen molar-refractivity contribution < 1.29 is 47.7 Å². The van der Waals surface area contributed by atoms with Crippen LogP contribution in [0.4, 0.5) is 0 Å². The number of ether oxygens (including phenoxy) is 5. The summed E-state index contributed by atoms with van der Waals surface area (Å²) in [6, 6.07) is 9.24. The molecular weight excluding hydrogens is 694 g/mol. The quantitative estimate of drug-likeness (QED) is 0.117. The van der Waals surface area contributed by atoms with Crippen LogP contribution in [0.15, 0.2) is 52.2 Å². The molecule has 288 valence electrons. The van der Waals surface area contributed by atoms with Crippen LogP contribution < -0.4 is 0 Å². The number of carbonyl (C=O) groups is 5. The molecule has 2 N–H and O–H groups in total. The summed E-state index contributed by atoms with van der Waals surface area (Å²) in [4.78, 5) is 74.8. The summed E-state index contributed by atoms with van der Waals surface area (Å²) in [5.74, 6) is -2.28. The van der Waals surface area contributed by atoms with Crippen LogP contribution in [0.25, 0.3) is 6.08 Å². The smallest absolute Gasteiger partial charge is 0.355 e. The number of benzene rings is 1. The number of nitrogens with zero attached hydrogens (tertiary/aromatic N) is 1. The van der Waals surface area contributed by atoms with E-state index in [1.54, 1.807) is 6.92 Å². The second-order valence-electron chi connectivity index (χ2n) is 12.8. The number of allylic oxidation sites excluding steroid dienone is 2. The number of nitrogens with one attached hydrogen (secondary N) is 2. The number of aryl methyl sites for hydroxylation is 1. The molecule has 4 rings (SSSR count). The van der Waals surface area contributed by atoms with Crippen LogP contribution in [0.2, 0.25) is 0 Å². The molecule has 0 fully saturated rings. The van der Waals surface area contributed by atoms with Gasteiger partial charge < -0.3 is 33.7 Å². The third-order valence-electron chi connectivity index (χ3n) is 9.48. The van der Waals surface area contributed by atoms with Gasteiger partial charge in [0.2, 0.25) is 0 Å². The zero-order chi connectivity index (χ0) is 39.4. The maximum atomic E-state index is 13.7. The van der Waals surface area contributed by atoms with Gasteiger partial charge in [-0.1, -0.05) is 30.3 Å². The molecular formula is C41H49N3O10. The number of aromatic nitrogens is 2.